The van der Waals surface area contributed by atoms with Crippen molar-refractivity contribution in [3.8, 4) is 0 Å². The second-order valence-electron chi connectivity index (χ2n) is 3.27. The van der Waals surface area contributed by atoms with E-state index in [1.807, 2.05) is 13.8 Å². The van der Waals surface area contributed by atoms with Crippen LogP contribution in [-0.4, -0.2) is 22.0 Å². The van der Waals surface area contributed by atoms with Gasteiger partial charge in [0.15, 0.2) is 0 Å². The third-order valence-corrected chi connectivity index (χ3v) is 1.46. The van der Waals surface area contributed by atoms with E-state index >= 15 is 0 Å². The Balaban J connectivity index is 2.52. The Morgan fingerprint density at radius 3 is 2.43 bits per heavy atom. The Morgan fingerprint density at radius 1 is 1.36 bits per heavy atom. The van der Waals surface area contributed by atoms with E-state index in [4.69, 9.17) is 0 Å². The van der Waals surface area contributed by atoms with Gasteiger partial charge in [-0.1, -0.05) is 0 Å². The number of carbonyl (C=O) groups is 1. The molecule has 1 aromatic heterocycles. The minimum Gasteiger partial charge on any atom is -0.336 e. The summed E-state index contributed by atoms with van der Waals surface area (Å²) in [6.07, 6.45) is 3.14. The van der Waals surface area contributed by atoms with E-state index in [2.05, 4.69) is 20.6 Å². The summed E-state index contributed by atoms with van der Waals surface area (Å²) in [6.45, 7) is 5.58. The molecule has 0 aliphatic carbocycles. The summed E-state index contributed by atoms with van der Waals surface area (Å²) in [5.74, 6) is 0.680. The molecule has 0 aliphatic rings. The predicted octanol–water partition coefficient (Wildman–Crippen LogP) is 1.31. The normalized spacial score (nSPS) is 10.0. The lowest BCUT2D eigenvalue weighted by Crippen LogP contribution is -2.34. The molecule has 0 atom stereocenters. The molecule has 0 saturated heterocycles. The predicted molar refractivity (Wildman–Crippen MR) is 54.1 cm³/mol. The van der Waals surface area contributed by atoms with E-state index in [9.17, 15) is 4.79 Å². The van der Waals surface area contributed by atoms with Crippen molar-refractivity contribution in [3.05, 3.63) is 18.2 Å². The van der Waals surface area contributed by atoms with Gasteiger partial charge in [0.25, 0.3) is 0 Å². The molecule has 5 heteroatoms. The number of aromatic nitrogens is 2. The van der Waals surface area contributed by atoms with Gasteiger partial charge in [-0.15, -0.1) is 0 Å². The van der Waals surface area contributed by atoms with Gasteiger partial charge < -0.3 is 10.6 Å². The Kier molecular flexibility index (Phi) is 3.39. The number of hydrogen-bond acceptors (Lipinski definition) is 3. The quantitative estimate of drug-likeness (QED) is 0.746. The molecule has 0 aromatic carbocycles. The van der Waals surface area contributed by atoms with Crippen molar-refractivity contribution >= 4 is 11.7 Å². The molecule has 0 fully saturated rings. The van der Waals surface area contributed by atoms with Crippen molar-refractivity contribution in [2.24, 2.45) is 0 Å². The fraction of sp³-hybridized carbons (Fsp3) is 0.444. The Morgan fingerprint density at radius 2 is 1.93 bits per heavy atom. The minimum absolute atomic E-state index is 0.112. The number of urea groups is 1. The summed E-state index contributed by atoms with van der Waals surface area (Å²) in [4.78, 5) is 19.1. The van der Waals surface area contributed by atoms with E-state index in [-0.39, 0.29) is 12.1 Å². The Labute approximate surface area is 83.0 Å². The first-order valence-electron chi connectivity index (χ1n) is 4.44. The highest BCUT2D eigenvalue weighted by Crippen LogP contribution is 2.01. The topological polar surface area (TPSA) is 66.9 Å². The van der Waals surface area contributed by atoms with Crippen LogP contribution >= 0.6 is 0 Å². The summed E-state index contributed by atoms with van der Waals surface area (Å²) in [5, 5.41) is 5.33. The van der Waals surface area contributed by atoms with Crippen molar-refractivity contribution in [3.63, 3.8) is 0 Å². The van der Waals surface area contributed by atoms with E-state index < -0.39 is 0 Å². The first-order valence-corrected chi connectivity index (χ1v) is 4.44. The number of amides is 2. The third kappa shape index (κ3) is 3.38. The molecular weight excluding hydrogens is 180 g/mol. The monoisotopic (exact) mass is 194 g/mol. The number of hydrogen-bond donors (Lipinski definition) is 2. The highest BCUT2D eigenvalue weighted by Gasteiger charge is 2.02. The average Bonchev–Trinajstić information content (AvgIpc) is 2.07. The van der Waals surface area contributed by atoms with Crippen LogP contribution in [0.2, 0.25) is 0 Å². The molecule has 5 nitrogen and oxygen atoms in total. The molecule has 0 spiro atoms. The molecule has 0 bridgehead atoms. The standard InChI is InChI=1S/C9H14N4O/c1-6(2)12-9(14)13-8-4-10-7(3)11-5-8/h4-6H,1-3H3,(H2,12,13,14). The van der Waals surface area contributed by atoms with Crippen LogP contribution in [0.25, 0.3) is 0 Å². The van der Waals surface area contributed by atoms with Gasteiger partial charge in [0.2, 0.25) is 0 Å². The molecule has 0 radical (unpaired) electrons. The molecule has 0 unspecified atom stereocenters. The number of nitrogens with zero attached hydrogens (tertiary/aromatic N) is 2. The number of rotatable bonds is 2. The maximum absolute atomic E-state index is 11.2. The molecule has 14 heavy (non-hydrogen) atoms. The fourth-order valence-corrected chi connectivity index (χ4v) is 0.887. The van der Waals surface area contributed by atoms with Crippen LogP contribution in [0.3, 0.4) is 0 Å². The summed E-state index contributed by atoms with van der Waals surface area (Å²) >= 11 is 0. The molecule has 0 aliphatic heterocycles. The highest BCUT2D eigenvalue weighted by molar-refractivity contribution is 5.88. The van der Waals surface area contributed by atoms with Crippen LogP contribution < -0.4 is 10.6 Å². The van der Waals surface area contributed by atoms with Crippen molar-refractivity contribution in [2.45, 2.75) is 26.8 Å². The molecule has 2 amide bonds. The largest absolute Gasteiger partial charge is 0.336 e. The second-order valence-corrected chi connectivity index (χ2v) is 3.27. The lowest BCUT2D eigenvalue weighted by atomic mass is 10.4. The van der Waals surface area contributed by atoms with Gasteiger partial charge in [0.1, 0.15) is 5.82 Å². The maximum Gasteiger partial charge on any atom is 0.319 e. The third-order valence-electron chi connectivity index (χ3n) is 1.46. The summed E-state index contributed by atoms with van der Waals surface area (Å²) < 4.78 is 0. The Hall–Kier alpha value is -1.65. The van der Waals surface area contributed by atoms with Crippen LogP contribution in [0, 0.1) is 6.92 Å². The van der Waals surface area contributed by atoms with Crippen molar-refractivity contribution in [1.29, 1.82) is 0 Å². The van der Waals surface area contributed by atoms with Gasteiger partial charge >= 0.3 is 6.03 Å². The summed E-state index contributed by atoms with van der Waals surface area (Å²) in [7, 11) is 0. The number of carbonyl (C=O) groups excluding carboxylic acids is 1. The zero-order valence-corrected chi connectivity index (χ0v) is 8.53. The van der Waals surface area contributed by atoms with Crippen LogP contribution in [0.1, 0.15) is 19.7 Å². The van der Waals surface area contributed by atoms with Crippen LogP contribution in [0.5, 0.6) is 0 Å². The van der Waals surface area contributed by atoms with Gasteiger partial charge in [0.05, 0.1) is 18.1 Å². The first kappa shape index (κ1) is 10.4. The highest BCUT2D eigenvalue weighted by atomic mass is 16.2. The molecule has 1 rings (SSSR count). The lowest BCUT2D eigenvalue weighted by molar-refractivity contribution is 0.250. The zero-order chi connectivity index (χ0) is 10.6. The van der Waals surface area contributed by atoms with Gasteiger partial charge in [0, 0.05) is 6.04 Å². The molecule has 76 valence electrons. The van der Waals surface area contributed by atoms with Gasteiger partial charge in [-0.2, -0.15) is 0 Å². The van der Waals surface area contributed by atoms with Gasteiger partial charge in [-0.05, 0) is 20.8 Å². The van der Waals surface area contributed by atoms with E-state index in [0.29, 0.717) is 11.5 Å². The molecule has 0 saturated carbocycles. The van der Waals surface area contributed by atoms with Crippen molar-refractivity contribution in [2.75, 3.05) is 5.32 Å². The van der Waals surface area contributed by atoms with Crippen LogP contribution in [-0.2, 0) is 0 Å². The molecule has 2 N–H and O–H groups in total. The van der Waals surface area contributed by atoms with Gasteiger partial charge in [-0.3, -0.25) is 0 Å². The first-order chi connectivity index (χ1) is 6.58. The average molecular weight is 194 g/mol. The van der Waals surface area contributed by atoms with Crippen molar-refractivity contribution < 1.29 is 4.79 Å². The maximum atomic E-state index is 11.2. The van der Waals surface area contributed by atoms with E-state index in [1.54, 1.807) is 19.3 Å². The second kappa shape index (κ2) is 4.55. The number of anilines is 1. The lowest BCUT2D eigenvalue weighted by Gasteiger charge is -2.09. The number of nitrogens with one attached hydrogen (secondary N) is 2. The summed E-state index contributed by atoms with van der Waals surface area (Å²) in [6, 6.07) is -0.131. The minimum atomic E-state index is -0.243. The number of aryl methyl sites for hydroxylation is 1. The van der Waals surface area contributed by atoms with E-state index in [0.717, 1.165) is 0 Å². The fourth-order valence-electron chi connectivity index (χ4n) is 0.887. The molecule has 1 heterocycles. The van der Waals surface area contributed by atoms with Crippen LogP contribution in [0.15, 0.2) is 12.4 Å². The van der Waals surface area contributed by atoms with Crippen molar-refractivity contribution in [1.82, 2.24) is 15.3 Å². The van der Waals surface area contributed by atoms with Crippen LogP contribution in [0.4, 0.5) is 10.5 Å². The smallest absolute Gasteiger partial charge is 0.319 e. The van der Waals surface area contributed by atoms with E-state index in [1.165, 1.54) is 0 Å². The SMILES string of the molecule is Cc1ncc(NC(=O)NC(C)C)cn1. The summed E-state index contributed by atoms with van der Waals surface area (Å²) in [5.41, 5.74) is 0.591. The molecular formula is C9H14N4O. The van der Waals surface area contributed by atoms with Gasteiger partial charge in [-0.25, -0.2) is 14.8 Å². The zero-order valence-electron chi connectivity index (χ0n) is 8.53. The molecule has 1 aromatic rings. The Bertz CT molecular complexity index is 307.